The van der Waals surface area contributed by atoms with Gasteiger partial charge in [-0.3, -0.25) is 14.9 Å². The van der Waals surface area contributed by atoms with Crippen LogP contribution in [0.25, 0.3) is 0 Å². The summed E-state index contributed by atoms with van der Waals surface area (Å²) in [5.74, 6) is -1.23. The minimum Gasteiger partial charge on any atom is -0.480 e. The van der Waals surface area contributed by atoms with Gasteiger partial charge in [0, 0.05) is 17.3 Å². The number of hydrogen-bond donors (Lipinski definition) is 3. The van der Waals surface area contributed by atoms with Crippen LogP contribution in [0.3, 0.4) is 0 Å². The molecule has 9 heteroatoms. The first-order chi connectivity index (χ1) is 11.9. The lowest BCUT2D eigenvalue weighted by Gasteiger charge is -2.13. The molecule has 0 bridgehead atoms. The molecule has 0 saturated heterocycles. The predicted octanol–water partition coefficient (Wildman–Crippen LogP) is 2.33. The maximum Gasteiger partial charge on any atom is 0.326 e. The fraction of sp³-hybridized carbons (Fsp3) is 0.188. The Morgan fingerprint density at radius 3 is 2.64 bits per heavy atom. The summed E-state index contributed by atoms with van der Waals surface area (Å²) in [4.78, 5) is 37.1. The van der Waals surface area contributed by atoms with Crippen molar-refractivity contribution < 1.29 is 19.6 Å². The number of hydrogen-bond acceptors (Lipinski definition) is 6. The number of carboxylic acids is 1. The Bertz CT molecular complexity index is 791. The van der Waals surface area contributed by atoms with Crippen molar-refractivity contribution in [1.82, 2.24) is 10.3 Å². The highest BCUT2D eigenvalue weighted by atomic mass is 16.6. The van der Waals surface area contributed by atoms with Crippen molar-refractivity contribution in [2.75, 3.05) is 5.32 Å². The van der Waals surface area contributed by atoms with Gasteiger partial charge in [0.05, 0.1) is 4.92 Å². The van der Waals surface area contributed by atoms with E-state index in [1.54, 1.807) is 25.1 Å². The molecule has 0 spiro atoms. The quantitative estimate of drug-likeness (QED) is 0.518. The van der Waals surface area contributed by atoms with E-state index in [1.165, 1.54) is 18.2 Å². The first-order valence-electron chi connectivity index (χ1n) is 7.42. The average molecular weight is 344 g/mol. The van der Waals surface area contributed by atoms with Crippen molar-refractivity contribution in [2.24, 2.45) is 0 Å². The molecule has 0 saturated carbocycles. The highest BCUT2D eigenvalue weighted by molar-refractivity contribution is 5.97. The molecule has 0 fully saturated rings. The molecule has 0 aliphatic carbocycles. The molecule has 2 rings (SSSR count). The molecule has 1 amide bonds. The topological polar surface area (TPSA) is 134 Å². The normalized spacial score (nSPS) is 11.4. The third-order valence-electron chi connectivity index (χ3n) is 3.37. The lowest BCUT2D eigenvalue weighted by molar-refractivity contribution is -0.385. The number of carboxylic acid groups (broad SMARTS) is 1. The molecule has 0 aliphatic heterocycles. The summed E-state index contributed by atoms with van der Waals surface area (Å²) in [5, 5.41) is 25.0. The van der Waals surface area contributed by atoms with Gasteiger partial charge in [0.2, 0.25) is 0 Å². The zero-order chi connectivity index (χ0) is 18.4. The molecular formula is C16H16N4O5. The van der Waals surface area contributed by atoms with Crippen LogP contribution in [0.2, 0.25) is 0 Å². The summed E-state index contributed by atoms with van der Waals surface area (Å²) in [6.45, 7) is 1.66. The van der Waals surface area contributed by atoms with E-state index < -0.39 is 22.8 Å². The summed E-state index contributed by atoms with van der Waals surface area (Å²) < 4.78 is 0. The van der Waals surface area contributed by atoms with Crippen LogP contribution in [0.5, 0.6) is 0 Å². The summed E-state index contributed by atoms with van der Waals surface area (Å²) in [7, 11) is 0. The van der Waals surface area contributed by atoms with Gasteiger partial charge >= 0.3 is 5.97 Å². The fourth-order valence-electron chi connectivity index (χ4n) is 2.03. The average Bonchev–Trinajstić information content (AvgIpc) is 2.59. The molecule has 1 heterocycles. The smallest absolute Gasteiger partial charge is 0.326 e. The molecule has 1 unspecified atom stereocenters. The van der Waals surface area contributed by atoms with Crippen LogP contribution in [0, 0.1) is 10.1 Å². The van der Waals surface area contributed by atoms with Gasteiger partial charge in [-0.05, 0) is 30.7 Å². The fourth-order valence-corrected chi connectivity index (χ4v) is 2.03. The zero-order valence-corrected chi connectivity index (χ0v) is 13.3. The highest BCUT2D eigenvalue weighted by Crippen LogP contribution is 2.18. The van der Waals surface area contributed by atoms with Gasteiger partial charge in [0.15, 0.2) is 0 Å². The molecule has 1 aromatic heterocycles. The largest absolute Gasteiger partial charge is 0.480 e. The minimum atomic E-state index is -1.10. The van der Waals surface area contributed by atoms with E-state index in [9.17, 15) is 19.7 Å². The lowest BCUT2D eigenvalue weighted by atomic mass is 10.1. The van der Waals surface area contributed by atoms with E-state index >= 15 is 0 Å². The van der Waals surface area contributed by atoms with Gasteiger partial charge in [0.1, 0.15) is 18.1 Å². The van der Waals surface area contributed by atoms with E-state index in [-0.39, 0.29) is 17.7 Å². The number of carbonyl (C=O) groups excluding carboxylic acids is 1. The standard InChI is InChI=1S/C16H16N4O5/c1-2-13(16(22)23)19-15(21)10-4-3-5-11(8-10)18-14-7-6-12(9-17-14)20(24)25/h3-9,13H,2H2,1H3,(H,17,18)(H,19,21)(H,22,23). The molecular weight excluding hydrogens is 328 g/mol. The lowest BCUT2D eigenvalue weighted by Crippen LogP contribution is -2.40. The maximum atomic E-state index is 12.1. The van der Waals surface area contributed by atoms with Gasteiger partial charge in [-0.2, -0.15) is 0 Å². The van der Waals surface area contributed by atoms with Gasteiger partial charge < -0.3 is 15.7 Å². The number of pyridine rings is 1. The molecule has 0 aliphatic rings. The SMILES string of the molecule is CCC(NC(=O)c1cccc(Nc2ccc([N+](=O)[O-])cn2)c1)C(=O)O. The molecule has 130 valence electrons. The molecule has 0 radical (unpaired) electrons. The molecule has 2 aromatic rings. The summed E-state index contributed by atoms with van der Waals surface area (Å²) in [5.41, 5.74) is 0.696. The van der Waals surface area contributed by atoms with Crippen molar-refractivity contribution in [3.8, 4) is 0 Å². The Kier molecular flexibility index (Phi) is 5.62. The third kappa shape index (κ3) is 4.74. The summed E-state index contributed by atoms with van der Waals surface area (Å²) in [6.07, 6.45) is 1.39. The number of rotatable bonds is 7. The van der Waals surface area contributed by atoms with Crippen LogP contribution in [-0.4, -0.2) is 32.9 Å². The van der Waals surface area contributed by atoms with E-state index in [2.05, 4.69) is 15.6 Å². The highest BCUT2D eigenvalue weighted by Gasteiger charge is 2.18. The molecule has 25 heavy (non-hydrogen) atoms. The second kappa shape index (κ2) is 7.86. The number of carbonyl (C=O) groups is 2. The maximum absolute atomic E-state index is 12.1. The van der Waals surface area contributed by atoms with E-state index in [0.29, 0.717) is 11.5 Å². The van der Waals surface area contributed by atoms with Crippen LogP contribution in [0.4, 0.5) is 17.2 Å². The van der Waals surface area contributed by atoms with E-state index in [4.69, 9.17) is 5.11 Å². The number of nitrogens with one attached hydrogen (secondary N) is 2. The predicted molar refractivity (Wildman–Crippen MR) is 89.8 cm³/mol. The Morgan fingerprint density at radius 2 is 2.08 bits per heavy atom. The number of benzene rings is 1. The Hall–Kier alpha value is -3.49. The van der Waals surface area contributed by atoms with Crippen molar-refractivity contribution in [1.29, 1.82) is 0 Å². The van der Waals surface area contributed by atoms with Crippen LogP contribution in [0.1, 0.15) is 23.7 Å². The molecule has 9 nitrogen and oxygen atoms in total. The third-order valence-corrected chi connectivity index (χ3v) is 3.37. The molecule has 3 N–H and O–H groups in total. The number of aromatic nitrogens is 1. The van der Waals surface area contributed by atoms with Crippen molar-refractivity contribution in [2.45, 2.75) is 19.4 Å². The number of anilines is 2. The molecule has 1 aromatic carbocycles. The summed E-state index contributed by atoms with van der Waals surface area (Å²) >= 11 is 0. The zero-order valence-electron chi connectivity index (χ0n) is 13.3. The second-order valence-electron chi connectivity index (χ2n) is 5.14. The van der Waals surface area contributed by atoms with E-state index in [1.807, 2.05) is 0 Å². The van der Waals surface area contributed by atoms with Gasteiger partial charge in [-0.1, -0.05) is 13.0 Å². The minimum absolute atomic E-state index is 0.127. The first-order valence-corrected chi connectivity index (χ1v) is 7.42. The van der Waals surface area contributed by atoms with Crippen molar-refractivity contribution in [3.05, 3.63) is 58.3 Å². The Balaban J connectivity index is 2.11. The number of nitrogens with zero attached hydrogens (tertiary/aromatic N) is 2. The van der Waals surface area contributed by atoms with Crippen molar-refractivity contribution >= 4 is 29.1 Å². The van der Waals surface area contributed by atoms with Gasteiger partial charge in [-0.25, -0.2) is 9.78 Å². The van der Waals surface area contributed by atoms with Crippen LogP contribution in [-0.2, 0) is 4.79 Å². The van der Waals surface area contributed by atoms with Crippen molar-refractivity contribution in [3.63, 3.8) is 0 Å². The van der Waals surface area contributed by atoms with Gasteiger partial charge in [0.25, 0.3) is 11.6 Å². The van der Waals surface area contributed by atoms with E-state index in [0.717, 1.165) is 6.20 Å². The molecule has 1 atom stereocenters. The second-order valence-corrected chi connectivity index (χ2v) is 5.14. The Morgan fingerprint density at radius 1 is 1.32 bits per heavy atom. The van der Waals surface area contributed by atoms with Gasteiger partial charge in [-0.15, -0.1) is 0 Å². The number of amides is 1. The van der Waals surface area contributed by atoms with Crippen LogP contribution < -0.4 is 10.6 Å². The monoisotopic (exact) mass is 344 g/mol. The number of aliphatic carboxylic acids is 1. The van der Waals surface area contributed by atoms with Crippen LogP contribution >= 0.6 is 0 Å². The first kappa shape index (κ1) is 17.9. The van der Waals surface area contributed by atoms with Crippen LogP contribution in [0.15, 0.2) is 42.6 Å². The Labute approximate surface area is 142 Å². The number of nitro groups is 1. The summed E-state index contributed by atoms with van der Waals surface area (Å²) in [6, 6.07) is 8.21.